The number of rotatable bonds is 5. The second kappa shape index (κ2) is 6.65. The average molecular weight is 300 g/mol. The second-order valence-corrected chi connectivity index (χ2v) is 5.49. The summed E-state index contributed by atoms with van der Waals surface area (Å²) in [6, 6.07) is 7.51. The van der Waals surface area contributed by atoms with Gasteiger partial charge in [-0.05, 0) is 61.0 Å². The minimum absolute atomic E-state index is 0.0170. The molecule has 0 spiro atoms. The van der Waals surface area contributed by atoms with E-state index in [0.29, 0.717) is 0 Å². The molecule has 1 fully saturated rings. The molecule has 2 aromatic rings. The SMILES string of the molecule is CCCN1CCC[C@@H]1C(=O)Nc1cccc(-n2cnnn2)c1. The van der Waals surface area contributed by atoms with Crippen LogP contribution in [-0.4, -0.2) is 50.1 Å². The Bertz CT molecular complexity index is 627. The van der Waals surface area contributed by atoms with Crippen molar-refractivity contribution in [2.24, 2.45) is 0 Å². The summed E-state index contributed by atoms with van der Waals surface area (Å²) in [6.45, 7) is 4.13. The molecule has 1 aromatic heterocycles. The van der Waals surface area contributed by atoms with Crippen LogP contribution in [0.3, 0.4) is 0 Å². The summed E-state index contributed by atoms with van der Waals surface area (Å²) >= 11 is 0. The third-order valence-corrected chi connectivity index (χ3v) is 3.90. The van der Waals surface area contributed by atoms with Crippen molar-refractivity contribution in [3.63, 3.8) is 0 Å². The summed E-state index contributed by atoms with van der Waals surface area (Å²) in [6.07, 6.45) is 4.61. The number of hydrogen-bond donors (Lipinski definition) is 1. The molecule has 1 saturated heterocycles. The monoisotopic (exact) mass is 300 g/mol. The van der Waals surface area contributed by atoms with Crippen LogP contribution < -0.4 is 5.32 Å². The summed E-state index contributed by atoms with van der Waals surface area (Å²) in [5.41, 5.74) is 1.58. The lowest BCUT2D eigenvalue weighted by Crippen LogP contribution is -2.39. The van der Waals surface area contributed by atoms with Gasteiger partial charge in [0.1, 0.15) is 6.33 Å². The standard InChI is InChI=1S/C15H20N6O/c1-2-8-20-9-4-7-14(20)15(22)17-12-5-3-6-13(10-12)21-11-16-18-19-21/h3,5-6,10-11,14H,2,4,7-9H2,1H3,(H,17,22)/t14-/m1/s1. The van der Waals surface area contributed by atoms with Crippen LogP contribution in [-0.2, 0) is 4.79 Å². The summed E-state index contributed by atoms with van der Waals surface area (Å²) in [5.74, 6) is 0.0693. The first-order valence-corrected chi connectivity index (χ1v) is 7.66. The lowest BCUT2D eigenvalue weighted by atomic mass is 10.2. The third-order valence-electron chi connectivity index (χ3n) is 3.90. The van der Waals surface area contributed by atoms with E-state index in [2.05, 4.69) is 32.7 Å². The first-order chi connectivity index (χ1) is 10.8. The Morgan fingerprint density at radius 2 is 2.36 bits per heavy atom. The predicted octanol–water partition coefficient (Wildman–Crippen LogP) is 1.48. The van der Waals surface area contributed by atoms with Gasteiger partial charge in [0.2, 0.25) is 5.91 Å². The molecule has 0 saturated carbocycles. The maximum Gasteiger partial charge on any atom is 0.241 e. The molecule has 22 heavy (non-hydrogen) atoms. The molecule has 1 aliphatic rings. The third kappa shape index (κ3) is 3.14. The molecule has 1 aromatic carbocycles. The van der Waals surface area contributed by atoms with Crippen LogP contribution in [0.5, 0.6) is 0 Å². The van der Waals surface area contributed by atoms with Crippen molar-refractivity contribution < 1.29 is 4.79 Å². The first-order valence-electron chi connectivity index (χ1n) is 7.66. The molecular formula is C15H20N6O. The van der Waals surface area contributed by atoms with Gasteiger partial charge in [-0.2, -0.15) is 0 Å². The Hall–Kier alpha value is -2.28. The molecule has 7 nitrogen and oxygen atoms in total. The van der Waals surface area contributed by atoms with Crippen molar-refractivity contribution in [1.82, 2.24) is 25.1 Å². The maximum absolute atomic E-state index is 12.5. The molecule has 3 rings (SSSR count). The molecule has 0 unspecified atom stereocenters. The molecule has 1 atom stereocenters. The number of benzene rings is 1. The van der Waals surface area contributed by atoms with Crippen molar-refractivity contribution in [1.29, 1.82) is 0 Å². The van der Waals surface area contributed by atoms with E-state index in [4.69, 9.17) is 0 Å². The summed E-state index contributed by atoms with van der Waals surface area (Å²) in [5, 5.41) is 14.1. The number of tetrazole rings is 1. The van der Waals surface area contributed by atoms with Gasteiger partial charge in [-0.3, -0.25) is 9.69 Å². The fraction of sp³-hybridized carbons (Fsp3) is 0.467. The number of likely N-dealkylation sites (tertiary alicyclic amines) is 1. The molecule has 0 bridgehead atoms. The number of amides is 1. The molecule has 1 N–H and O–H groups in total. The summed E-state index contributed by atoms with van der Waals surface area (Å²) in [4.78, 5) is 14.8. The molecule has 7 heteroatoms. The van der Waals surface area contributed by atoms with Gasteiger partial charge >= 0.3 is 0 Å². The lowest BCUT2D eigenvalue weighted by molar-refractivity contribution is -0.120. The molecule has 0 radical (unpaired) electrons. The largest absolute Gasteiger partial charge is 0.325 e. The second-order valence-electron chi connectivity index (χ2n) is 5.49. The van der Waals surface area contributed by atoms with Crippen molar-refractivity contribution in [2.75, 3.05) is 18.4 Å². The van der Waals surface area contributed by atoms with Crippen molar-refractivity contribution >= 4 is 11.6 Å². The minimum Gasteiger partial charge on any atom is -0.325 e. The van der Waals surface area contributed by atoms with Crippen LogP contribution in [0, 0.1) is 0 Å². The van der Waals surface area contributed by atoms with Gasteiger partial charge in [-0.1, -0.05) is 13.0 Å². The molecule has 0 aliphatic carbocycles. The van der Waals surface area contributed by atoms with E-state index in [1.165, 1.54) is 6.33 Å². The fourth-order valence-electron chi connectivity index (χ4n) is 2.91. The van der Waals surface area contributed by atoms with Gasteiger partial charge < -0.3 is 5.32 Å². The smallest absolute Gasteiger partial charge is 0.241 e. The fourth-order valence-corrected chi connectivity index (χ4v) is 2.91. The van der Waals surface area contributed by atoms with E-state index >= 15 is 0 Å². The van der Waals surface area contributed by atoms with Gasteiger partial charge in [0.25, 0.3) is 0 Å². The molecule has 1 aliphatic heterocycles. The Morgan fingerprint density at radius 3 is 3.14 bits per heavy atom. The van der Waals surface area contributed by atoms with Gasteiger partial charge in [0, 0.05) is 5.69 Å². The number of carbonyl (C=O) groups is 1. The molecular weight excluding hydrogens is 280 g/mol. The van der Waals surface area contributed by atoms with Gasteiger partial charge in [-0.25, -0.2) is 4.68 Å². The average Bonchev–Trinajstić information content (AvgIpc) is 3.19. The Balaban J connectivity index is 1.70. The first kappa shape index (κ1) is 14.6. The minimum atomic E-state index is -0.0170. The number of carbonyl (C=O) groups excluding carboxylic acids is 1. The van der Waals surface area contributed by atoms with Crippen LogP contribution in [0.1, 0.15) is 26.2 Å². The molecule has 116 valence electrons. The normalized spacial score (nSPS) is 18.5. The quantitative estimate of drug-likeness (QED) is 0.905. The Kier molecular flexibility index (Phi) is 4.43. The van der Waals surface area contributed by atoms with Crippen molar-refractivity contribution in [3.8, 4) is 5.69 Å². The maximum atomic E-state index is 12.5. The van der Waals surface area contributed by atoms with Crippen LogP contribution in [0.2, 0.25) is 0 Å². The highest BCUT2D eigenvalue weighted by molar-refractivity contribution is 5.95. The van der Waals surface area contributed by atoms with Crippen LogP contribution in [0.15, 0.2) is 30.6 Å². The van der Waals surface area contributed by atoms with E-state index in [1.807, 2.05) is 24.3 Å². The summed E-state index contributed by atoms with van der Waals surface area (Å²) in [7, 11) is 0. The van der Waals surface area contributed by atoms with Crippen LogP contribution >= 0.6 is 0 Å². The van der Waals surface area contributed by atoms with Crippen molar-refractivity contribution in [3.05, 3.63) is 30.6 Å². The van der Waals surface area contributed by atoms with Gasteiger partial charge in [0.05, 0.1) is 11.7 Å². The highest BCUT2D eigenvalue weighted by atomic mass is 16.2. The number of nitrogens with zero attached hydrogens (tertiary/aromatic N) is 5. The summed E-state index contributed by atoms with van der Waals surface area (Å²) < 4.78 is 1.56. The zero-order valence-electron chi connectivity index (χ0n) is 12.6. The topological polar surface area (TPSA) is 75.9 Å². The number of hydrogen-bond acceptors (Lipinski definition) is 5. The van der Waals surface area contributed by atoms with Gasteiger partial charge in [0.15, 0.2) is 0 Å². The van der Waals surface area contributed by atoms with Crippen molar-refractivity contribution in [2.45, 2.75) is 32.2 Å². The van der Waals surface area contributed by atoms with E-state index in [-0.39, 0.29) is 11.9 Å². The molecule has 2 heterocycles. The van der Waals surface area contributed by atoms with Crippen LogP contribution in [0.25, 0.3) is 5.69 Å². The van der Waals surface area contributed by atoms with E-state index in [1.54, 1.807) is 4.68 Å². The highest BCUT2D eigenvalue weighted by Gasteiger charge is 2.29. The lowest BCUT2D eigenvalue weighted by Gasteiger charge is -2.23. The van der Waals surface area contributed by atoms with E-state index in [0.717, 1.165) is 43.7 Å². The predicted molar refractivity (Wildman–Crippen MR) is 82.7 cm³/mol. The zero-order chi connectivity index (χ0) is 15.4. The number of anilines is 1. The number of nitrogens with one attached hydrogen (secondary N) is 1. The van der Waals surface area contributed by atoms with Crippen LogP contribution in [0.4, 0.5) is 5.69 Å². The Labute approximate surface area is 129 Å². The highest BCUT2D eigenvalue weighted by Crippen LogP contribution is 2.20. The van der Waals surface area contributed by atoms with Gasteiger partial charge in [-0.15, -0.1) is 5.10 Å². The molecule has 1 amide bonds. The van der Waals surface area contributed by atoms with E-state index < -0.39 is 0 Å². The Morgan fingerprint density at radius 1 is 1.45 bits per heavy atom. The number of aromatic nitrogens is 4. The van der Waals surface area contributed by atoms with E-state index in [9.17, 15) is 4.79 Å². The zero-order valence-corrected chi connectivity index (χ0v) is 12.6.